The molecule has 0 saturated carbocycles. The fraction of sp³-hybridized carbons (Fsp3) is 0.0667. The number of likely N-dealkylation sites (N-methyl/N-ethyl adjacent to an activating group) is 1. The van der Waals surface area contributed by atoms with E-state index in [4.69, 9.17) is 5.26 Å². The van der Waals surface area contributed by atoms with Crippen LogP contribution in [0.25, 0.3) is 16.5 Å². The first-order valence-corrected chi connectivity index (χ1v) is 7.44. The van der Waals surface area contributed by atoms with Crippen molar-refractivity contribution in [3.05, 3.63) is 51.3 Å². The minimum absolute atomic E-state index is 0.108. The predicted molar refractivity (Wildman–Crippen MR) is 85.1 cm³/mol. The molecule has 0 radical (unpaired) electrons. The van der Waals surface area contributed by atoms with Crippen LogP contribution in [0, 0.1) is 11.3 Å². The molecule has 20 heavy (non-hydrogen) atoms. The van der Waals surface area contributed by atoms with E-state index in [1.54, 1.807) is 17.4 Å². The molecule has 5 heteroatoms. The van der Waals surface area contributed by atoms with Crippen molar-refractivity contribution >= 4 is 39.2 Å². The van der Waals surface area contributed by atoms with E-state index in [-0.39, 0.29) is 11.5 Å². The molecule has 0 bridgehead atoms. The van der Waals surface area contributed by atoms with Crippen molar-refractivity contribution in [2.45, 2.75) is 0 Å². The average Bonchev–Trinajstić information content (AvgIpc) is 2.93. The molecule has 0 saturated heterocycles. The standard InChI is InChI=1S/C15H11BrN2OS/c1-18-15(19)11(9-17)8-13-6-7-14(20-13)10-2-4-12(16)5-3-10/h2-8H,1H3,(H,18,19)/b11-8+. The van der Waals surface area contributed by atoms with E-state index in [0.717, 1.165) is 19.8 Å². The number of nitrogens with one attached hydrogen (secondary N) is 1. The zero-order chi connectivity index (χ0) is 14.5. The van der Waals surface area contributed by atoms with Crippen LogP contribution in [-0.2, 0) is 4.79 Å². The first-order valence-electron chi connectivity index (χ1n) is 5.83. The highest BCUT2D eigenvalue weighted by Crippen LogP contribution is 2.30. The molecule has 0 unspecified atom stereocenters. The van der Waals surface area contributed by atoms with Gasteiger partial charge >= 0.3 is 0 Å². The summed E-state index contributed by atoms with van der Waals surface area (Å²) in [6.45, 7) is 0. The minimum atomic E-state index is -0.369. The Bertz CT molecular complexity index is 695. The largest absolute Gasteiger partial charge is 0.354 e. The number of hydrogen-bond donors (Lipinski definition) is 1. The smallest absolute Gasteiger partial charge is 0.261 e. The number of rotatable bonds is 3. The SMILES string of the molecule is CNC(=O)/C(C#N)=C/c1ccc(-c2ccc(Br)cc2)s1. The van der Waals surface area contributed by atoms with Gasteiger partial charge in [-0.3, -0.25) is 4.79 Å². The van der Waals surface area contributed by atoms with Crippen molar-refractivity contribution in [3.8, 4) is 16.5 Å². The molecule has 100 valence electrons. The molecule has 3 nitrogen and oxygen atoms in total. The lowest BCUT2D eigenvalue weighted by molar-refractivity contribution is -0.116. The molecule has 1 aromatic heterocycles. The Morgan fingerprint density at radius 3 is 2.60 bits per heavy atom. The van der Waals surface area contributed by atoms with Gasteiger partial charge in [0.15, 0.2) is 0 Å². The third-order valence-electron chi connectivity index (χ3n) is 2.63. The summed E-state index contributed by atoms with van der Waals surface area (Å²) < 4.78 is 1.03. The van der Waals surface area contributed by atoms with Gasteiger partial charge in [0.05, 0.1) is 0 Å². The maximum atomic E-state index is 11.5. The number of carbonyl (C=O) groups is 1. The molecule has 0 spiro atoms. The molecule has 1 N–H and O–H groups in total. The maximum absolute atomic E-state index is 11.5. The number of benzene rings is 1. The average molecular weight is 347 g/mol. The van der Waals surface area contributed by atoms with Crippen molar-refractivity contribution in [1.82, 2.24) is 5.32 Å². The number of nitriles is 1. The third-order valence-corrected chi connectivity index (χ3v) is 4.24. The van der Waals surface area contributed by atoms with Crippen LogP contribution in [0.1, 0.15) is 4.88 Å². The van der Waals surface area contributed by atoms with E-state index >= 15 is 0 Å². The summed E-state index contributed by atoms with van der Waals surface area (Å²) in [5, 5.41) is 11.4. The highest BCUT2D eigenvalue weighted by molar-refractivity contribution is 9.10. The summed E-state index contributed by atoms with van der Waals surface area (Å²) in [5.41, 5.74) is 1.22. The van der Waals surface area contributed by atoms with Crippen LogP contribution in [-0.4, -0.2) is 13.0 Å². The number of thiophene rings is 1. The lowest BCUT2D eigenvalue weighted by Crippen LogP contribution is -2.18. The molecule has 0 atom stereocenters. The van der Waals surface area contributed by atoms with E-state index in [1.807, 2.05) is 42.5 Å². The molecule has 1 aromatic carbocycles. The van der Waals surface area contributed by atoms with Crippen LogP contribution in [0.3, 0.4) is 0 Å². The molecule has 0 aliphatic rings. The summed E-state index contributed by atoms with van der Waals surface area (Å²) in [4.78, 5) is 13.4. The van der Waals surface area contributed by atoms with Gasteiger partial charge in [-0.15, -0.1) is 11.3 Å². The van der Waals surface area contributed by atoms with Crippen molar-refractivity contribution < 1.29 is 4.79 Å². The minimum Gasteiger partial charge on any atom is -0.354 e. The number of nitrogens with zero attached hydrogens (tertiary/aromatic N) is 1. The first kappa shape index (κ1) is 14.5. The zero-order valence-corrected chi connectivity index (χ0v) is 13.1. The van der Waals surface area contributed by atoms with E-state index in [2.05, 4.69) is 21.2 Å². The van der Waals surface area contributed by atoms with Gasteiger partial charge in [0.2, 0.25) is 0 Å². The van der Waals surface area contributed by atoms with Crippen LogP contribution in [0.4, 0.5) is 0 Å². The lowest BCUT2D eigenvalue weighted by Gasteiger charge is -1.97. The number of hydrogen-bond acceptors (Lipinski definition) is 3. The lowest BCUT2D eigenvalue weighted by atomic mass is 10.2. The molecule has 2 rings (SSSR count). The van der Waals surface area contributed by atoms with E-state index in [9.17, 15) is 4.79 Å². The predicted octanol–water partition coefficient (Wildman–Crippen LogP) is 3.83. The summed E-state index contributed by atoms with van der Waals surface area (Å²) in [6.07, 6.45) is 1.60. The highest BCUT2D eigenvalue weighted by Gasteiger charge is 2.08. The Morgan fingerprint density at radius 1 is 1.30 bits per heavy atom. The zero-order valence-electron chi connectivity index (χ0n) is 10.7. The fourth-order valence-corrected chi connectivity index (χ4v) is 2.85. The second kappa shape index (κ2) is 6.51. The van der Waals surface area contributed by atoms with Crippen LogP contribution in [0.5, 0.6) is 0 Å². The normalized spacial score (nSPS) is 10.9. The summed E-state index contributed by atoms with van der Waals surface area (Å²) in [7, 11) is 1.51. The van der Waals surface area contributed by atoms with Gasteiger partial charge in [0.25, 0.3) is 5.91 Å². The van der Waals surface area contributed by atoms with Gasteiger partial charge in [-0.05, 0) is 35.9 Å². The Labute approximate surface area is 129 Å². The molecule has 1 amide bonds. The van der Waals surface area contributed by atoms with E-state index < -0.39 is 0 Å². The monoisotopic (exact) mass is 346 g/mol. The van der Waals surface area contributed by atoms with E-state index in [1.165, 1.54) is 7.05 Å². The maximum Gasteiger partial charge on any atom is 0.261 e. The second-order valence-electron chi connectivity index (χ2n) is 3.96. The molecule has 0 aliphatic heterocycles. The molecule has 0 aliphatic carbocycles. The van der Waals surface area contributed by atoms with Crippen molar-refractivity contribution in [3.63, 3.8) is 0 Å². The Kier molecular flexibility index (Phi) is 4.72. The quantitative estimate of drug-likeness (QED) is 0.678. The molecular formula is C15H11BrN2OS. The number of halogens is 1. The molecule has 1 heterocycles. The van der Waals surface area contributed by atoms with Crippen LogP contribution in [0.2, 0.25) is 0 Å². The van der Waals surface area contributed by atoms with Gasteiger partial charge in [-0.2, -0.15) is 5.26 Å². The summed E-state index contributed by atoms with van der Waals surface area (Å²) in [6, 6.07) is 13.8. The number of carbonyl (C=O) groups excluding carboxylic acids is 1. The summed E-state index contributed by atoms with van der Waals surface area (Å²) in [5.74, 6) is -0.369. The van der Waals surface area contributed by atoms with Gasteiger partial charge in [0, 0.05) is 21.3 Å². The molecular weight excluding hydrogens is 336 g/mol. The summed E-state index contributed by atoms with van der Waals surface area (Å²) >= 11 is 4.94. The fourth-order valence-electron chi connectivity index (χ4n) is 1.63. The van der Waals surface area contributed by atoms with Gasteiger partial charge in [-0.25, -0.2) is 0 Å². The van der Waals surface area contributed by atoms with Crippen LogP contribution >= 0.6 is 27.3 Å². The third kappa shape index (κ3) is 3.35. The van der Waals surface area contributed by atoms with Gasteiger partial charge < -0.3 is 5.32 Å². The molecule has 0 fully saturated rings. The topological polar surface area (TPSA) is 52.9 Å². The van der Waals surface area contributed by atoms with Crippen LogP contribution in [0.15, 0.2) is 46.4 Å². The van der Waals surface area contributed by atoms with Crippen LogP contribution < -0.4 is 5.32 Å². The Balaban J connectivity index is 2.29. The first-order chi connectivity index (χ1) is 9.63. The van der Waals surface area contributed by atoms with Crippen molar-refractivity contribution in [2.24, 2.45) is 0 Å². The molecule has 2 aromatic rings. The number of amides is 1. The second-order valence-corrected chi connectivity index (χ2v) is 5.99. The van der Waals surface area contributed by atoms with Crippen molar-refractivity contribution in [1.29, 1.82) is 5.26 Å². The van der Waals surface area contributed by atoms with E-state index in [0.29, 0.717) is 0 Å². The van der Waals surface area contributed by atoms with Gasteiger partial charge in [-0.1, -0.05) is 28.1 Å². The van der Waals surface area contributed by atoms with Crippen molar-refractivity contribution in [2.75, 3.05) is 7.05 Å². The Hall–Kier alpha value is -1.90. The van der Waals surface area contributed by atoms with Gasteiger partial charge in [0.1, 0.15) is 11.6 Å². The Morgan fingerprint density at radius 2 is 2.00 bits per heavy atom. The highest BCUT2D eigenvalue weighted by atomic mass is 79.9.